The van der Waals surface area contributed by atoms with Crippen molar-refractivity contribution in [3.05, 3.63) is 41.4 Å². The second kappa shape index (κ2) is 9.90. The van der Waals surface area contributed by atoms with E-state index in [1.54, 1.807) is 15.9 Å². The quantitative estimate of drug-likeness (QED) is 0.512. The number of rotatable bonds is 6. The van der Waals surface area contributed by atoms with Crippen molar-refractivity contribution in [2.24, 2.45) is 5.73 Å². The van der Waals surface area contributed by atoms with Gasteiger partial charge in [0, 0.05) is 43.0 Å². The molecule has 0 bridgehead atoms. The number of amides is 2. The highest BCUT2D eigenvalue weighted by Gasteiger charge is 2.38. The van der Waals surface area contributed by atoms with Gasteiger partial charge in [-0.3, -0.25) is 9.59 Å². The third-order valence-electron chi connectivity index (χ3n) is 7.11. The summed E-state index contributed by atoms with van der Waals surface area (Å²) in [6.45, 7) is 4.83. The monoisotopic (exact) mass is 531 g/mol. The van der Waals surface area contributed by atoms with Crippen molar-refractivity contribution in [3.63, 3.8) is 0 Å². The molecule has 202 valence electrons. The Bertz CT molecular complexity index is 1390. The summed E-state index contributed by atoms with van der Waals surface area (Å²) in [6, 6.07) is 5.32. The van der Waals surface area contributed by atoms with Crippen LogP contribution in [-0.2, 0) is 17.5 Å². The Labute approximate surface area is 216 Å². The van der Waals surface area contributed by atoms with Crippen LogP contribution < -0.4 is 10.5 Å². The minimum absolute atomic E-state index is 0.0139. The number of carbonyl (C=O) groups is 2. The Morgan fingerprint density at radius 3 is 2.74 bits per heavy atom. The molecule has 3 aromatic rings. The Hall–Kier alpha value is -3.67. The highest BCUT2D eigenvalue weighted by molar-refractivity contribution is 5.98. The van der Waals surface area contributed by atoms with E-state index in [9.17, 15) is 22.8 Å². The average molecular weight is 532 g/mol. The van der Waals surface area contributed by atoms with Crippen molar-refractivity contribution >= 4 is 22.7 Å². The van der Waals surface area contributed by atoms with Crippen molar-refractivity contribution in [1.82, 2.24) is 19.8 Å². The van der Waals surface area contributed by atoms with Gasteiger partial charge in [-0.05, 0) is 44.0 Å². The normalized spacial score (nSPS) is 18.7. The molecule has 38 heavy (non-hydrogen) atoms. The number of pyridine rings is 1. The predicted octanol–water partition coefficient (Wildman–Crippen LogP) is 3.99. The number of hydrogen-bond donors (Lipinski definition) is 1. The van der Waals surface area contributed by atoms with E-state index < -0.39 is 11.9 Å². The lowest BCUT2D eigenvalue weighted by Gasteiger charge is -2.37. The van der Waals surface area contributed by atoms with Crippen LogP contribution in [0.1, 0.15) is 55.1 Å². The van der Waals surface area contributed by atoms with Crippen molar-refractivity contribution < 1.29 is 31.9 Å². The SMILES string of the molecule is CCC(C)Oc1ccc(-c2nc(C(=O)N3CCN4C(=O)CCC4C3)c(CN)o2)c2ccc(C(F)(F)F)nc12. The zero-order chi connectivity index (χ0) is 27.2. The highest BCUT2D eigenvalue weighted by Crippen LogP contribution is 2.37. The summed E-state index contributed by atoms with van der Waals surface area (Å²) in [4.78, 5) is 37.2. The Morgan fingerprint density at radius 1 is 1.24 bits per heavy atom. The minimum atomic E-state index is -4.64. The maximum Gasteiger partial charge on any atom is 0.433 e. The van der Waals surface area contributed by atoms with Crippen LogP contribution in [-0.4, -0.2) is 63.4 Å². The van der Waals surface area contributed by atoms with Crippen molar-refractivity contribution in [2.45, 2.75) is 58.0 Å². The molecule has 9 nitrogen and oxygen atoms in total. The van der Waals surface area contributed by atoms with Crippen LogP contribution in [0.3, 0.4) is 0 Å². The molecule has 2 fully saturated rings. The van der Waals surface area contributed by atoms with E-state index in [4.69, 9.17) is 14.9 Å². The van der Waals surface area contributed by atoms with Crippen LogP contribution in [0.15, 0.2) is 28.7 Å². The molecule has 2 atom stereocenters. The molecule has 2 aliphatic heterocycles. The van der Waals surface area contributed by atoms with Gasteiger partial charge in [0.05, 0.1) is 12.6 Å². The molecule has 2 amide bonds. The molecule has 5 rings (SSSR count). The number of hydrogen-bond acceptors (Lipinski definition) is 7. The van der Waals surface area contributed by atoms with Crippen LogP contribution in [0, 0.1) is 0 Å². The zero-order valence-electron chi connectivity index (χ0n) is 21.0. The van der Waals surface area contributed by atoms with Crippen LogP contribution in [0.25, 0.3) is 22.4 Å². The maximum atomic E-state index is 13.5. The Morgan fingerprint density at radius 2 is 2.03 bits per heavy atom. The third-order valence-corrected chi connectivity index (χ3v) is 7.11. The van der Waals surface area contributed by atoms with Gasteiger partial charge in [0.25, 0.3) is 5.91 Å². The summed E-state index contributed by atoms with van der Waals surface area (Å²) in [5.41, 5.74) is 5.25. The minimum Gasteiger partial charge on any atom is -0.488 e. The summed E-state index contributed by atoms with van der Waals surface area (Å²) in [5.74, 6) is 0.157. The highest BCUT2D eigenvalue weighted by atomic mass is 19.4. The first-order valence-corrected chi connectivity index (χ1v) is 12.6. The Kier molecular flexibility index (Phi) is 6.76. The van der Waals surface area contributed by atoms with Gasteiger partial charge in [-0.1, -0.05) is 6.92 Å². The first-order valence-electron chi connectivity index (χ1n) is 12.6. The number of benzene rings is 1. The van der Waals surface area contributed by atoms with E-state index in [-0.39, 0.29) is 59.1 Å². The van der Waals surface area contributed by atoms with E-state index in [1.807, 2.05) is 13.8 Å². The van der Waals surface area contributed by atoms with Gasteiger partial charge in [-0.25, -0.2) is 9.97 Å². The van der Waals surface area contributed by atoms with Gasteiger partial charge in [0.2, 0.25) is 11.8 Å². The molecule has 12 heteroatoms. The van der Waals surface area contributed by atoms with Crippen LogP contribution in [0.2, 0.25) is 0 Å². The van der Waals surface area contributed by atoms with E-state index in [0.717, 1.165) is 6.07 Å². The van der Waals surface area contributed by atoms with E-state index in [0.29, 0.717) is 49.8 Å². The molecule has 0 spiro atoms. The standard InChI is InChI=1S/C26H28F3N5O4/c1-3-14(2)37-18-7-5-17(16-6-8-20(26(27,28)29)31-22(16)18)24-32-23(19(12-30)38-24)25(36)33-10-11-34-15(13-33)4-9-21(34)35/h5-8,14-15H,3-4,9-13,30H2,1-2H3. The molecule has 1 aromatic carbocycles. The molecule has 0 aliphatic carbocycles. The molecule has 2 aromatic heterocycles. The van der Waals surface area contributed by atoms with E-state index in [1.165, 1.54) is 12.1 Å². The number of ether oxygens (including phenoxy) is 1. The van der Waals surface area contributed by atoms with Crippen LogP contribution in [0.4, 0.5) is 13.2 Å². The van der Waals surface area contributed by atoms with Gasteiger partial charge < -0.3 is 24.7 Å². The lowest BCUT2D eigenvalue weighted by molar-refractivity contribution is -0.141. The fourth-order valence-corrected chi connectivity index (χ4v) is 4.90. The molecule has 0 saturated carbocycles. The molecule has 0 radical (unpaired) electrons. The number of aromatic nitrogens is 2. The summed E-state index contributed by atoms with van der Waals surface area (Å²) in [5, 5.41) is 0.334. The number of halogens is 3. The summed E-state index contributed by atoms with van der Waals surface area (Å²) < 4.78 is 52.1. The summed E-state index contributed by atoms with van der Waals surface area (Å²) >= 11 is 0. The largest absolute Gasteiger partial charge is 0.488 e. The molecular formula is C26H28F3N5O4. The summed E-state index contributed by atoms with van der Waals surface area (Å²) in [6.07, 6.45) is -3.06. The average Bonchev–Trinajstić information content (AvgIpc) is 3.50. The second-order valence-corrected chi connectivity index (χ2v) is 9.56. The van der Waals surface area contributed by atoms with Gasteiger partial charge in [-0.2, -0.15) is 13.2 Å². The molecule has 2 saturated heterocycles. The second-order valence-electron chi connectivity index (χ2n) is 9.56. The zero-order valence-corrected chi connectivity index (χ0v) is 21.0. The number of piperazine rings is 1. The van der Waals surface area contributed by atoms with E-state index >= 15 is 0 Å². The third kappa shape index (κ3) is 4.68. The topological polar surface area (TPSA) is 115 Å². The van der Waals surface area contributed by atoms with Gasteiger partial charge in [0.1, 0.15) is 17.0 Å². The molecule has 2 unspecified atom stereocenters. The predicted molar refractivity (Wildman–Crippen MR) is 131 cm³/mol. The summed E-state index contributed by atoms with van der Waals surface area (Å²) in [7, 11) is 0. The number of nitrogens with zero attached hydrogens (tertiary/aromatic N) is 4. The number of carbonyl (C=O) groups excluding carboxylic acids is 2. The fourth-order valence-electron chi connectivity index (χ4n) is 4.90. The lowest BCUT2D eigenvalue weighted by atomic mass is 10.1. The smallest absolute Gasteiger partial charge is 0.433 e. The number of fused-ring (bicyclic) bond motifs is 2. The lowest BCUT2D eigenvalue weighted by Crippen LogP contribution is -2.53. The number of nitrogens with two attached hydrogens (primary N) is 1. The molecule has 2 N–H and O–H groups in total. The first-order chi connectivity index (χ1) is 18.1. The first kappa shape index (κ1) is 26.0. The molecule has 2 aliphatic rings. The number of oxazole rings is 1. The number of alkyl halides is 3. The van der Waals surface area contributed by atoms with Crippen LogP contribution in [0.5, 0.6) is 5.75 Å². The molecule has 4 heterocycles. The van der Waals surface area contributed by atoms with E-state index in [2.05, 4.69) is 9.97 Å². The van der Waals surface area contributed by atoms with Crippen molar-refractivity contribution in [2.75, 3.05) is 19.6 Å². The van der Waals surface area contributed by atoms with Crippen molar-refractivity contribution in [3.8, 4) is 17.2 Å². The molecular weight excluding hydrogens is 503 g/mol. The van der Waals surface area contributed by atoms with Crippen molar-refractivity contribution in [1.29, 1.82) is 0 Å². The van der Waals surface area contributed by atoms with Gasteiger partial charge in [-0.15, -0.1) is 0 Å². The van der Waals surface area contributed by atoms with Gasteiger partial charge >= 0.3 is 6.18 Å². The Balaban J connectivity index is 1.53. The maximum absolute atomic E-state index is 13.5. The fraction of sp³-hybridized carbons (Fsp3) is 0.462. The van der Waals surface area contributed by atoms with Crippen LogP contribution >= 0.6 is 0 Å². The van der Waals surface area contributed by atoms with Gasteiger partial charge in [0.15, 0.2) is 11.5 Å².